The number of sulfonamides is 1. The van der Waals surface area contributed by atoms with E-state index in [1.54, 1.807) is 24.3 Å². The molecule has 1 aliphatic heterocycles. The maximum Gasteiger partial charge on any atom is 0.261 e. The summed E-state index contributed by atoms with van der Waals surface area (Å²) >= 11 is 0. The van der Waals surface area contributed by atoms with Crippen LogP contribution in [0.3, 0.4) is 0 Å². The topological polar surface area (TPSA) is 78.5 Å². The van der Waals surface area contributed by atoms with Gasteiger partial charge in [-0.05, 0) is 85.5 Å². The molecular weight excluding hydrogens is 441 g/mol. The van der Waals surface area contributed by atoms with E-state index in [1.807, 2.05) is 19.1 Å². The van der Waals surface area contributed by atoms with Crippen molar-refractivity contribution in [3.8, 4) is 0 Å². The molecule has 0 atom stereocenters. The van der Waals surface area contributed by atoms with Gasteiger partial charge in [-0.15, -0.1) is 0 Å². The predicted octanol–water partition coefficient (Wildman–Crippen LogP) is 4.72. The van der Waals surface area contributed by atoms with Crippen molar-refractivity contribution in [2.45, 2.75) is 31.1 Å². The Morgan fingerprint density at radius 3 is 2.27 bits per heavy atom. The lowest BCUT2D eigenvalue weighted by Crippen LogP contribution is -2.18. The van der Waals surface area contributed by atoms with Crippen LogP contribution in [-0.4, -0.2) is 27.4 Å². The third-order valence-corrected chi connectivity index (χ3v) is 7.05. The fourth-order valence-corrected chi connectivity index (χ4v) is 4.92. The first-order valence-electron chi connectivity index (χ1n) is 10.8. The van der Waals surface area contributed by atoms with E-state index in [2.05, 4.69) is 21.0 Å². The Balaban J connectivity index is 1.36. The Kier molecular flexibility index (Phi) is 6.65. The first-order chi connectivity index (χ1) is 15.8. The van der Waals surface area contributed by atoms with Gasteiger partial charge in [-0.1, -0.05) is 12.1 Å². The van der Waals surface area contributed by atoms with Crippen LogP contribution in [0.25, 0.3) is 0 Å². The molecule has 0 radical (unpaired) electrons. The number of anilines is 3. The van der Waals surface area contributed by atoms with Crippen molar-refractivity contribution in [3.05, 3.63) is 83.7 Å². The molecule has 33 heavy (non-hydrogen) atoms. The monoisotopic (exact) mass is 467 g/mol. The van der Waals surface area contributed by atoms with Crippen LogP contribution >= 0.6 is 0 Å². The van der Waals surface area contributed by atoms with Crippen molar-refractivity contribution in [3.63, 3.8) is 0 Å². The lowest BCUT2D eigenvalue weighted by atomic mass is 10.1. The molecule has 0 unspecified atom stereocenters. The van der Waals surface area contributed by atoms with Gasteiger partial charge in [0, 0.05) is 30.2 Å². The Hall–Kier alpha value is -3.39. The van der Waals surface area contributed by atoms with Crippen LogP contribution in [0.4, 0.5) is 21.5 Å². The van der Waals surface area contributed by atoms with Crippen LogP contribution in [0.2, 0.25) is 0 Å². The number of hydrogen-bond acceptors (Lipinski definition) is 4. The van der Waals surface area contributed by atoms with Gasteiger partial charge >= 0.3 is 0 Å². The Labute approximate surface area is 193 Å². The molecule has 1 saturated heterocycles. The smallest absolute Gasteiger partial charge is 0.261 e. The van der Waals surface area contributed by atoms with Gasteiger partial charge in [-0.25, -0.2) is 12.8 Å². The van der Waals surface area contributed by atoms with Crippen molar-refractivity contribution in [1.29, 1.82) is 0 Å². The molecule has 1 amide bonds. The zero-order valence-corrected chi connectivity index (χ0v) is 19.2. The van der Waals surface area contributed by atoms with Gasteiger partial charge in [0.15, 0.2) is 0 Å². The highest BCUT2D eigenvalue weighted by Crippen LogP contribution is 2.26. The number of nitrogens with one attached hydrogen (secondary N) is 2. The minimum atomic E-state index is -3.82. The molecule has 1 heterocycles. The van der Waals surface area contributed by atoms with Crippen molar-refractivity contribution in [2.24, 2.45) is 0 Å². The van der Waals surface area contributed by atoms with Crippen molar-refractivity contribution >= 4 is 33.0 Å². The fourth-order valence-electron chi connectivity index (χ4n) is 3.86. The van der Waals surface area contributed by atoms with Gasteiger partial charge in [-0.2, -0.15) is 0 Å². The maximum atomic E-state index is 13.0. The summed E-state index contributed by atoms with van der Waals surface area (Å²) in [6.07, 6.45) is 2.59. The van der Waals surface area contributed by atoms with Crippen molar-refractivity contribution in [1.82, 2.24) is 0 Å². The molecule has 2 N–H and O–H groups in total. The average molecular weight is 468 g/mol. The summed E-state index contributed by atoms with van der Waals surface area (Å²) in [5.41, 5.74) is 4.09. The van der Waals surface area contributed by atoms with Crippen LogP contribution in [0.15, 0.2) is 71.6 Å². The molecule has 3 aromatic rings. The standard InChI is InChI=1S/C25H26FN3O3S/c1-18-16-22(29-14-2-3-15-29)10-13-24(18)27-25(30)17-19-4-8-21(9-5-19)28-33(31,32)23-11-6-20(26)7-12-23/h4-13,16,28H,2-3,14-15,17H2,1H3,(H,27,30). The van der Waals surface area contributed by atoms with Gasteiger partial charge in [0.1, 0.15) is 5.82 Å². The van der Waals surface area contributed by atoms with E-state index >= 15 is 0 Å². The zero-order valence-electron chi connectivity index (χ0n) is 18.3. The highest BCUT2D eigenvalue weighted by atomic mass is 32.2. The second-order valence-electron chi connectivity index (χ2n) is 8.17. The first kappa shape index (κ1) is 22.8. The first-order valence-corrected chi connectivity index (χ1v) is 12.3. The highest BCUT2D eigenvalue weighted by Gasteiger charge is 2.15. The number of halogens is 1. The molecular formula is C25H26FN3O3S. The minimum Gasteiger partial charge on any atom is -0.372 e. The van der Waals surface area contributed by atoms with Crippen molar-refractivity contribution < 1.29 is 17.6 Å². The van der Waals surface area contributed by atoms with E-state index in [4.69, 9.17) is 0 Å². The normalized spacial score (nSPS) is 13.7. The fraction of sp³-hybridized carbons (Fsp3) is 0.240. The largest absolute Gasteiger partial charge is 0.372 e. The third-order valence-electron chi connectivity index (χ3n) is 5.65. The number of rotatable bonds is 7. The number of aryl methyl sites for hydroxylation is 1. The molecule has 0 saturated carbocycles. The van der Waals surface area contributed by atoms with Crippen LogP contribution < -0.4 is 14.9 Å². The molecule has 3 aromatic carbocycles. The van der Waals surface area contributed by atoms with Crippen LogP contribution in [0.5, 0.6) is 0 Å². The van der Waals surface area contributed by atoms with E-state index in [0.717, 1.165) is 42.0 Å². The van der Waals surface area contributed by atoms with E-state index in [1.165, 1.54) is 30.7 Å². The predicted molar refractivity (Wildman–Crippen MR) is 129 cm³/mol. The lowest BCUT2D eigenvalue weighted by molar-refractivity contribution is -0.115. The zero-order chi connectivity index (χ0) is 23.4. The molecule has 0 bridgehead atoms. The number of hydrogen-bond donors (Lipinski definition) is 2. The molecule has 0 aliphatic carbocycles. The average Bonchev–Trinajstić information content (AvgIpc) is 3.32. The molecule has 172 valence electrons. The molecule has 0 aromatic heterocycles. The van der Waals surface area contributed by atoms with Gasteiger partial charge in [-0.3, -0.25) is 9.52 Å². The molecule has 0 spiro atoms. The summed E-state index contributed by atoms with van der Waals surface area (Å²) in [7, 11) is -3.82. The van der Waals surface area contributed by atoms with E-state index in [9.17, 15) is 17.6 Å². The number of nitrogens with zero attached hydrogens (tertiary/aromatic N) is 1. The number of carbonyl (C=O) groups is 1. The second-order valence-corrected chi connectivity index (χ2v) is 9.86. The Morgan fingerprint density at radius 1 is 0.970 bits per heavy atom. The SMILES string of the molecule is Cc1cc(N2CCCC2)ccc1NC(=O)Cc1ccc(NS(=O)(=O)c2ccc(F)cc2)cc1. The van der Waals surface area contributed by atoms with E-state index in [-0.39, 0.29) is 17.2 Å². The van der Waals surface area contributed by atoms with Crippen LogP contribution in [0, 0.1) is 12.7 Å². The molecule has 1 fully saturated rings. The Bertz CT molecular complexity index is 1240. The maximum absolute atomic E-state index is 13.0. The van der Waals surface area contributed by atoms with E-state index in [0.29, 0.717) is 5.69 Å². The van der Waals surface area contributed by atoms with Gasteiger partial charge in [0.2, 0.25) is 5.91 Å². The number of benzene rings is 3. The van der Waals surface area contributed by atoms with Gasteiger partial charge < -0.3 is 10.2 Å². The summed E-state index contributed by atoms with van der Waals surface area (Å²) in [5, 5.41) is 2.96. The van der Waals surface area contributed by atoms with Crippen LogP contribution in [0.1, 0.15) is 24.0 Å². The van der Waals surface area contributed by atoms with Crippen LogP contribution in [-0.2, 0) is 21.2 Å². The summed E-state index contributed by atoms with van der Waals surface area (Å²) in [4.78, 5) is 14.9. The second kappa shape index (κ2) is 9.62. The lowest BCUT2D eigenvalue weighted by Gasteiger charge is -2.19. The van der Waals surface area contributed by atoms with Crippen molar-refractivity contribution in [2.75, 3.05) is 28.0 Å². The summed E-state index contributed by atoms with van der Waals surface area (Å²) in [5.74, 6) is -0.652. The van der Waals surface area contributed by atoms with Gasteiger partial charge in [0.25, 0.3) is 10.0 Å². The van der Waals surface area contributed by atoms with E-state index < -0.39 is 15.8 Å². The molecule has 1 aliphatic rings. The summed E-state index contributed by atoms with van der Waals surface area (Å²) in [6.45, 7) is 4.12. The summed E-state index contributed by atoms with van der Waals surface area (Å²) in [6, 6.07) is 17.3. The Morgan fingerprint density at radius 2 is 1.64 bits per heavy atom. The third kappa shape index (κ3) is 5.70. The summed E-state index contributed by atoms with van der Waals surface area (Å²) < 4.78 is 40.3. The quantitative estimate of drug-likeness (QED) is 0.527. The highest BCUT2D eigenvalue weighted by molar-refractivity contribution is 7.92. The molecule has 6 nitrogen and oxygen atoms in total. The minimum absolute atomic E-state index is 0.0292. The molecule has 8 heteroatoms. The number of amides is 1. The number of carbonyl (C=O) groups excluding carboxylic acids is 1. The van der Waals surface area contributed by atoms with Gasteiger partial charge in [0.05, 0.1) is 11.3 Å². The molecule has 4 rings (SSSR count).